The van der Waals surface area contributed by atoms with Crippen LogP contribution in [0.25, 0.3) is 0 Å². The average molecular weight is 286 g/mol. The van der Waals surface area contributed by atoms with Gasteiger partial charge < -0.3 is 20.5 Å². The summed E-state index contributed by atoms with van der Waals surface area (Å²) in [6, 6.07) is -0.215. The summed E-state index contributed by atoms with van der Waals surface area (Å²) in [6.07, 6.45) is 7.85. The van der Waals surface area contributed by atoms with Crippen LogP contribution >= 0.6 is 0 Å². The van der Waals surface area contributed by atoms with Gasteiger partial charge in [0.25, 0.3) is 0 Å². The number of hydrogen-bond donors (Lipinski definition) is 3. The van der Waals surface area contributed by atoms with Crippen molar-refractivity contribution < 1.29 is 19.4 Å². The molecular formula is C14H26N2O4. The van der Waals surface area contributed by atoms with Crippen LogP contribution in [-0.4, -0.2) is 42.9 Å². The van der Waals surface area contributed by atoms with E-state index in [-0.39, 0.29) is 12.5 Å². The number of ether oxygens (including phenoxy) is 1. The summed E-state index contributed by atoms with van der Waals surface area (Å²) in [6.45, 7) is 1.57. The number of carbonyl (C=O) groups is 2. The van der Waals surface area contributed by atoms with Gasteiger partial charge >= 0.3 is 12.0 Å². The molecule has 0 radical (unpaired) electrons. The van der Waals surface area contributed by atoms with Gasteiger partial charge in [0.2, 0.25) is 0 Å². The standard InChI is InChI=1S/C14H26N2O4/c17-13(18)8-4-5-9-15-14(19)16-10-11-20-12-6-2-1-3-7-12/h12H,1-11H2,(H,17,18)(H2,15,16,19). The number of aliphatic carboxylic acids is 1. The van der Waals surface area contributed by atoms with Crippen LogP contribution < -0.4 is 10.6 Å². The zero-order valence-electron chi connectivity index (χ0n) is 12.0. The Morgan fingerprint density at radius 3 is 2.45 bits per heavy atom. The Morgan fingerprint density at radius 1 is 1.05 bits per heavy atom. The maximum Gasteiger partial charge on any atom is 0.314 e. The molecule has 1 rings (SSSR count). The molecule has 0 saturated heterocycles. The highest BCUT2D eigenvalue weighted by Gasteiger charge is 2.13. The molecule has 116 valence electrons. The zero-order valence-corrected chi connectivity index (χ0v) is 12.0. The highest BCUT2D eigenvalue weighted by atomic mass is 16.5. The first kappa shape index (κ1) is 16.8. The van der Waals surface area contributed by atoms with E-state index in [1.807, 2.05) is 0 Å². The fourth-order valence-corrected chi connectivity index (χ4v) is 2.29. The molecule has 0 unspecified atom stereocenters. The van der Waals surface area contributed by atoms with Gasteiger partial charge in [0.1, 0.15) is 0 Å². The number of carbonyl (C=O) groups excluding carboxylic acids is 1. The second-order valence-corrected chi connectivity index (χ2v) is 5.16. The van der Waals surface area contributed by atoms with Crippen molar-refractivity contribution in [1.82, 2.24) is 10.6 Å². The molecule has 2 amide bonds. The Bertz CT molecular complexity index is 291. The van der Waals surface area contributed by atoms with Crippen molar-refractivity contribution in [2.24, 2.45) is 0 Å². The summed E-state index contributed by atoms with van der Waals surface area (Å²) in [7, 11) is 0. The molecule has 6 nitrogen and oxygen atoms in total. The normalized spacial score (nSPS) is 15.8. The summed E-state index contributed by atoms with van der Waals surface area (Å²) in [4.78, 5) is 21.7. The third-order valence-corrected chi connectivity index (χ3v) is 3.40. The molecule has 0 bridgehead atoms. The van der Waals surface area contributed by atoms with Crippen molar-refractivity contribution in [2.45, 2.75) is 57.5 Å². The quantitative estimate of drug-likeness (QED) is 0.565. The lowest BCUT2D eigenvalue weighted by Gasteiger charge is -2.22. The molecule has 0 spiro atoms. The lowest BCUT2D eigenvalue weighted by atomic mass is 9.98. The Morgan fingerprint density at radius 2 is 1.75 bits per heavy atom. The molecule has 3 N–H and O–H groups in total. The highest BCUT2D eigenvalue weighted by Crippen LogP contribution is 2.19. The number of rotatable bonds is 9. The van der Waals surface area contributed by atoms with E-state index in [1.54, 1.807) is 0 Å². The predicted molar refractivity (Wildman–Crippen MR) is 75.7 cm³/mol. The van der Waals surface area contributed by atoms with Crippen molar-refractivity contribution >= 4 is 12.0 Å². The second kappa shape index (κ2) is 10.5. The summed E-state index contributed by atoms with van der Waals surface area (Å²) in [5.74, 6) is -0.797. The van der Waals surface area contributed by atoms with Gasteiger partial charge in [-0.15, -0.1) is 0 Å². The Hall–Kier alpha value is -1.30. The van der Waals surface area contributed by atoms with Crippen LogP contribution in [0.4, 0.5) is 4.79 Å². The van der Waals surface area contributed by atoms with Crippen molar-refractivity contribution in [3.63, 3.8) is 0 Å². The number of urea groups is 1. The van der Waals surface area contributed by atoms with Crippen LogP contribution in [0.15, 0.2) is 0 Å². The molecule has 1 saturated carbocycles. The van der Waals surface area contributed by atoms with Crippen LogP contribution in [0, 0.1) is 0 Å². The third-order valence-electron chi connectivity index (χ3n) is 3.40. The predicted octanol–water partition coefficient (Wildman–Crippen LogP) is 1.89. The van der Waals surface area contributed by atoms with E-state index in [9.17, 15) is 9.59 Å². The first-order valence-corrected chi connectivity index (χ1v) is 7.53. The molecule has 1 aliphatic carbocycles. The van der Waals surface area contributed by atoms with Gasteiger partial charge in [-0.05, 0) is 25.7 Å². The Kier molecular flexibility index (Phi) is 8.78. The minimum atomic E-state index is -0.797. The topological polar surface area (TPSA) is 87.7 Å². The van der Waals surface area contributed by atoms with Crippen molar-refractivity contribution in [3.05, 3.63) is 0 Å². The van der Waals surface area contributed by atoms with Crippen LogP contribution in [-0.2, 0) is 9.53 Å². The molecule has 1 aliphatic rings. The first-order valence-electron chi connectivity index (χ1n) is 7.53. The van der Waals surface area contributed by atoms with E-state index in [2.05, 4.69) is 10.6 Å². The molecule has 0 aromatic heterocycles. The molecule has 0 atom stereocenters. The Labute approximate surface area is 120 Å². The minimum Gasteiger partial charge on any atom is -0.481 e. The van der Waals surface area contributed by atoms with E-state index in [0.717, 1.165) is 12.8 Å². The molecule has 0 aromatic carbocycles. The average Bonchev–Trinajstić information content (AvgIpc) is 2.44. The van der Waals surface area contributed by atoms with Gasteiger partial charge in [0.15, 0.2) is 0 Å². The number of carboxylic acid groups (broad SMARTS) is 1. The Balaban J connectivity index is 1.88. The van der Waals surface area contributed by atoms with E-state index < -0.39 is 5.97 Å². The lowest BCUT2D eigenvalue weighted by molar-refractivity contribution is -0.137. The molecule has 20 heavy (non-hydrogen) atoms. The number of unbranched alkanes of at least 4 members (excludes halogenated alkanes) is 1. The smallest absolute Gasteiger partial charge is 0.314 e. The van der Waals surface area contributed by atoms with Gasteiger partial charge in [0, 0.05) is 19.5 Å². The third kappa shape index (κ3) is 8.74. The fraction of sp³-hybridized carbons (Fsp3) is 0.857. The summed E-state index contributed by atoms with van der Waals surface area (Å²) < 4.78 is 5.69. The van der Waals surface area contributed by atoms with Gasteiger partial charge in [-0.3, -0.25) is 4.79 Å². The fourth-order valence-electron chi connectivity index (χ4n) is 2.29. The number of hydrogen-bond acceptors (Lipinski definition) is 3. The van der Waals surface area contributed by atoms with Crippen molar-refractivity contribution in [1.29, 1.82) is 0 Å². The molecule has 0 aromatic rings. The molecule has 1 fully saturated rings. The number of amides is 2. The van der Waals surface area contributed by atoms with Crippen LogP contribution in [0.2, 0.25) is 0 Å². The van der Waals surface area contributed by atoms with Crippen LogP contribution in [0.1, 0.15) is 51.4 Å². The van der Waals surface area contributed by atoms with Gasteiger partial charge in [-0.2, -0.15) is 0 Å². The van der Waals surface area contributed by atoms with Crippen molar-refractivity contribution in [3.8, 4) is 0 Å². The lowest BCUT2D eigenvalue weighted by Crippen LogP contribution is -2.38. The SMILES string of the molecule is O=C(O)CCCCNC(=O)NCCOC1CCCCC1. The second-order valence-electron chi connectivity index (χ2n) is 5.16. The summed E-state index contributed by atoms with van der Waals surface area (Å²) >= 11 is 0. The monoisotopic (exact) mass is 286 g/mol. The van der Waals surface area contributed by atoms with Crippen LogP contribution in [0.3, 0.4) is 0 Å². The number of carboxylic acids is 1. The highest BCUT2D eigenvalue weighted by molar-refractivity contribution is 5.73. The van der Waals surface area contributed by atoms with E-state index in [0.29, 0.717) is 38.6 Å². The van der Waals surface area contributed by atoms with Crippen molar-refractivity contribution in [2.75, 3.05) is 19.7 Å². The molecule has 6 heteroatoms. The van der Waals surface area contributed by atoms with E-state index in [4.69, 9.17) is 9.84 Å². The zero-order chi connectivity index (χ0) is 14.6. The maximum atomic E-state index is 11.4. The van der Waals surface area contributed by atoms with E-state index in [1.165, 1.54) is 19.3 Å². The molecular weight excluding hydrogens is 260 g/mol. The molecule has 0 aliphatic heterocycles. The number of nitrogens with one attached hydrogen (secondary N) is 2. The molecule has 0 heterocycles. The van der Waals surface area contributed by atoms with Gasteiger partial charge in [-0.25, -0.2) is 4.79 Å². The van der Waals surface area contributed by atoms with Gasteiger partial charge in [-0.1, -0.05) is 19.3 Å². The van der Waals surface area contributed by atoms with Crippen LogP contribution in [0.5, 0.6) is 0 Å². The summed E-state index contributed by atoms with van der Waals surface area (Å²) in [5, 5.41) is 13.9. The first-order chi connectivity index (χ1) is 9.68. The summed E-state index contributed by atoms with van der Waals surface area (Å²) in [5.41, 5.74) is 0. The van der Waals surface area contributed by atoms with E-state index >= 15 is 0 Å². The maximum absolute atomic E-state index is 11.4. The minimum absolute atomic E-state index is 0.151. The largest absolute Gasteiger partial charge is 0.481 e. The van der Waals surface area contributed by atoms with Gasteiger partial charge in [0.05, 0.1) is 12.7 Å².